The molecule has 0 unspecified atom stereocenters. The van der Waals surface area contributed by atoms with Crippen molar-refractivity contribution in [3.05, 3.63) is 66.1 Å². The number of benzene rings is 1. The number of carbonyl (C=O) groups is 1. The number of fused-ring (bicyclic) bond motifs is 1. The van der Waals surface area contributed by atoms with Gasteiger partial charge in [0.05, 0.1) is 22.9 Å². The highest BCUT2D eigenvalue weighted by molar-refractivity contribution is 5.91. The van der Waals surface area contributed by atoms with Crippen LogP contribution in [0, 0.1) is 0 Å². The fourth-order valence-corrected chi connectivity index (χ4v) is 3.15. The summed E-state index contributed by atoms with van der Waals surface area (Å²) in [6, 6.07) is 11.6. The van der Waals surface area contributed by atoms with E-state index in [0.717, 1.165) is 35.5 Å². The Morgan fingerprint density at radius 2 is 1.93 bits per heavy atom. The van der Waals surface area contributed by atoms with E-state index in [1.807, 2.05) is 36.4 Å². The first kappa shape index (κ1) is 17.1. The highest BCUT2D eigenvalue weighted by Gasteiger charge is 2.13. The lowest BCUT2D eigenvalue weighted by molar-refractivity contribution is -0.116. The van der Waals surface area contributed by atoms with Gasteiger partial charge in [-0.3, -0.25) is 9.78 Å². The molecule has 136 valence electrons. The van der Waals surface area contributed by atoms with Crippen molar-refractivity contribution < 1.29 is 4.79 Å². The van der Waals surface area contributed by atoms with Gasteiger partial charge in [-0.15, -0.1) is 0 Å². The zero-order valence-electron chi connectivity index (χ0n) is 15.0. The van der Waals surface area contributed by atoms with E-state index in [-0.39, 0.29) is 5.91 Å². The Bertz CT molecular complexity index is 979. The molecule has 27 heavy (non-hydrogen) atoms. The first-order valence-electron chi connectivity index (χ1n) is 9.15. The molecule has 1 aliphatic heterocycles. The maximum atomic E-state index is 12.1. The first-order chi connectivity index (χ1) is 13.3. The number of rotatable bonds is 5. The monoisotopic (exact) mass is 359 g/mol. The molecule has 2 aromatic heterocycles. The number of hydrogen-bond donors (Lipinski definition) is 1. The minimum Gasteiger partial charge on any atom is -0.357 e. The Balaban J connectivity index is 1.36. The van der Waals surface area contributed by atoms with Crippen LogP contribution in [0.2, 0.25) is 0 Å². The number of nitrogens with zero attached hydrogens (tertiary/aromatic N) is 4. The largest absolute Gasteiger partial charge is 0.357 e. The molecule has 6 heteroatoms. The van der Waals surface area contributed by atoms with Gasteiger partial charge in [0.1, 0.15) is 5.82 Å². The van der Waals surface area contributed by atoms with Crippen molar-refractivity contribution in [2.24, 2.45) is 0 Å². The van der Waals surface area contributed by atoms with Crippen LogP contribution in [-0.4, -0.2) is 33.9 Å². The Hall–Kier alpha value is -3.28. The van der Waals surface area contributed by atoms with Crippen LogP contribution in [-0.2, 0) is 11.3 Å². The second-order valence-corrected chi connectivity index (χ2v) is 6.55. The van der Waals surface area contributed by atoms with Gasteiger partial charge in [0.15, 0.2) is 0 Å². The number of aromatic nitrogens is 3. The maximum absolute atomic E-state index is 12.1. The second kappa shape index (κ2) is 7.95. The van der Waals surface area contributed by atoms with E-state index in [4.69, 9.17) is 0 Å². The van der Waals surface area contributed by atoms with Gasteiger partial charge in [0.2, 0.25) is 5.91 Å². The molecule has 1 aromatic carbocycles. The van der Waals surface area contributed by atoms with Gasteiger partial charge in [0.25, 0.3) is 0 Å². The molecule has 0 spiro atoms. The predicted molar refractivity (Wildman–Crippen MR) is 106 cm³/mol. The molecule has 6 nitrogen and oxygen atoms in total. The summed E-state index contributed by atoms with van der Waals surface area (Å²) in [5.74, 6) is 0.825. The molecule has 0 bridgehead atoms. The Kier molecular flexibility index (Phi) is 5.05. The fourth-order valence-electron chi connectivity index (χ4n) is 3.15. The highest BCUT2D eigenvalue weighted by Crippen LogP contribution is 2.18. The molecule has 1 amide bonds. The standard InChI is InChI=1S/C21H21N5O/c27-21(8-7-17-15-23-18-5-1-2-6-19(18)25-17)24-14-16-9-10-22-20(13-16)26-11-3-4-12-26/h1-2,5-10,13,15H,3-4,11-12,14H2,(H,24,27)/b8-7+. The minimum absolute atomic E-state index is 0.163. The van der Waals surface area contributed by atoms with Gasteiger partial charge in [-0.2, -0.15) is 0 Å². The van der Waals surface area contributed by atoms with Crippen LogP contribution in [0.1, 0.15) is 24.1 Å². The van der Waals surface area contributed by atoms with Crippen LogP contribution in [0.4, 0.5) is 5.82 Å². The zero-order valence-corrected chi connectivity index (χ0v) is 15.0. The van der Waals surface area contributed by atoms with Gasteiger partial charge in [-0.05, 0) is 48.7 Å². The quantitative estimate of drug-likeness (QED) is 0.709. The molecule has 0 atom stereocenters. The van der Waals surface area contributed by atoms with Gasteiger partial charge >= 0.3 is 0 Å². The number of para-hydroxylation sites is 2. The molecule has 0 radical (unpaired) electrons. The highest BCUT2D eigenvalue weighted by atomic mass is 16.1. The van der Waals surface area contributed by atoms with Crippen molar-refractivity contribution in [2.75, 3.05) is 18.0 Å². The van der Waals surface area contributed by atoms with Gasteiger partial charge in [0, 0.05) is 31.9 Å². The summed E-state index contributed by atoms with van der Waals surface area (Å²) in [7, 11) is 0. The van der Waals surface area contributed by atoms with Crippen LogP contribution in [0.25, 0.3) is 17.1 Å². The first-order valence-corrected chi connectivity index (χ1v) is 9.15. The topological polar surface area (TPSA) is 71.0 Å². The summed E-state index contributed by atoms with van der Waals surface area (Å²) < 4.78 is 0. The molecule has 0 saturated carbocycles. The molecule has 3 heterocycles. The molecular formula is C21H21N5O. The summed E-state index contributed by atoms with van der Waals surface area (Å²) in [6.45, 7) is 2.58. The third-order valence-electron chi connectivity index (χ3n) is 4.58. The average molecular weight is 359 g/mol. The molecule has 0 aliphatic carbocycles. The lowest BCUT2D eigenvalue weighted by Gasteiger charge is -2.16. The van der Waals surface area contributed by atoms with Crippen molar-refractivity contribution in [3.8, 4) is 0 Å². The molecule has 1 aliphatic rings. The summed E-state index contributed by atoms with van der Waals surface area (Å²) in [5, 5.41) is 2.90. The van der Waals surface area contributed by atoms with Crippen molar-refractivity contribution in [1.29, 1.82) is 0 Å². The number of anilines is 1. The van der Waals surface area contributed by atoms with E-state index >= 15 is 0 Å². The molecule has 1 saturated heterocycles. The fraction of sp³-hybridized carbons (Fsp3) is 0.238. The van der Waals surface area contributed by atoms with Crippen molar-refractivity contribution in [1.82, 2.24) is 20.3 Å². The Morgan fingerprint density at radius 1 is 1.11 bits per heavy atom. The molecule has 4 rings (SSSR count). The van der Waals surface area contributed by atoms with E-state index in [0.29, 0.717) is 12.2 Å². The van der Waals surface area contributed by atoms with Gasteiger partial charge in [-0.1, -0.05) is 12.1 Å². The number of pyridine rings is 1. The number of nitrogens with one attached hydrogen (secondary N) is 1. The number of hydrogen-bond acceptors (Lipinski definition) is 5. The van der Waals surface area contributed by atoms with Crippen LogP contribution < -0.4 is 10.2 Å². The molecule has 1 fully saturated rings. The van der Waals surface area contributed by atoms with Crippen molar-refractivity contribution >= 4 is 28.8 Å². The van der Waals surface area contributed by atoms with E-state index < -0.39 is 0 Å². The molecule has 3 aromatic rings. The normalized spacial score (nSPS) is 14.1. The lowest BCUT2D eigenvalue weighted by atomic mass is 10.2. The zero-order chi connectivity index (χ0) is 18.5. The summed E-state index contributed by atoms with van der Waals surface area (Å²) in [5.41, 5.74) is 3.35. The van der Waals surface area contributed by atoms with Crippen molar-refractivity contribution in [2.45, 2.75) is 19.4 Å². The Labute approximate surface area is 158 Å². The van der Waals surface area contributed by atoms with Gasteiger partial charge in [-0.25, -0.2) is 9.97 Å². The third kappa shape index (κ3) is 4.28. The second-order valence-electron chi connectivity index (χ2n) is 6.55. The number of amides is 1. The van der Waals surface area contributed by atoms with E-state index in [9.17, 15) is 4.79 Å². The van der Waals surface area contributed by atoms with Crippen LogP contribution in [0.3, 0.4) is 0 Å². The van der Waals surface area contributed by atoms with Crippen LogP contribution in [0.15, 0.2) is 54.9 Å². The molecular weight excluding hydrogens is 338 g/mol. The summed E-state index contributed by atoms with van der Waals surface area (Å²) >= 11 is 0. The summed E-state index contributed by atoms with van der Waals surface area (Å²) in [4.78, 5) is 27.7. The lowest BCUT2D eigenvalue weighted by Crippen LogP contribution is -2.22. The minimum atomic E-state index is -0.163. The van der Waals surface area contributed by atoms with Crippen LogP contribution >= 0.6 is 0 Å². The Morgan fingerprint density at radius 3 is 2.78 bits per heavy atom. The van der Waals surface area contributed by atoms with Gasteiger partial charge < -0.3 is 10.2 Å². The molecule has 1 N–H and O–H groups in total. The summed E-state index contributed by atoms with van der Waals surface area (Å²) in [6.07, 6.45) is 9.06. The SMILES string of the molecule is O=C(/C=C/c1cnc2ccccc2n1)NCc1ccnc(N2CCCC2)c1. The number of carbonyl (C=O) groups excluding carboxylic acids is 1. The third-order valence-corrected chi connectivity index (χ3v) is 4.58. The van der Waals surface area contributed by atoms with E-state index in [2.05, 4.69) is 25.2 Å². The smallest absolute Gasteiger partial charge is 0.244 e. The van der Waals surface area contributed by atoms with E-state index in [1.165, 1.54) is 18.9 Å². The maximum Gasteiger partial charge on any atom is 0.244 e. The predicted octanol–water partition coefficient (Wildman–Crippen LogP) is 2.95. The van der Waals surface area contributed by atoms with Crippen molar-refractivity contribution in [3.63, 3.8) is 0 Å². The average Bonchev–Trinajstić information content (AvgIpc) is 3.26. The van der Waals surface area contributed by atoms with E-state index in [1.54, 1.807) is 18.5 Å². The van der Waals surface area contributed by atoms with Crippen LogP contribution in [0.5, 0.6) is 0 Å².